The molecule has 2 amide bonds. The summed E-state index contributed by atoms with van der Waals surface area (Å²) in [7, 11) is 1.62. The fourth-order valence-corrected chi connectivity index (χ4v) is 4.78. The number of thiophene rings is 1. The van der Waals surface area contributed by atoms with Crippen molar-refractivity contribution in [1.29, 1.82) is 0 Å². The van der Waals surface area contributed by atoms with Crippen LogP contribution in [0.5, 0.6) is 5.75 Å². The summed E-state index contributed by atoms with van der Waals surface area (Å²) in [6.45, 7) is 0.646. The van der Waals surface area contributed by atoms with Crippen LogP contribution in [0.15, 0.2) is 41.8 Å². The van der Waals surface area contributed by atoms with Crippen LogP contribution in [0.3, 0.4) is 0 Å². The Labute approximate surface area is 191 Å². The van der Waals surface area contributed by atoms with Gasteiger partial charge >= 0.3 is 5.97 Å². The van der Waals surface area contributed by atoms with Crippen molar-refractivity contribution < 1.29 is 23.9 Å². The molecule has 4 rings (SSSR count). The lowest BCUT2D eigenvalue weighted by atomic mass is 9.98. The molecule has 2 unspecified atom stereocenters. The average molecular weight is 457 g/mol. The zero-order chi connectivity index (χ0) is 22.5. The largest absolute Gasteiger partial charge is 0.497 e. The number of amides is 2. The molecule has 8 heteroatoms. The zero-order valence-electron chi connectivity index (χ0n) is 18.1. The minimum absolute atomic E-state index is 0.0537. The number of carbonyl (C=O) groups excluding carboxylic acids is 3. The minimum atomic E-state index is -0.420. The Bertz CT molecular complexity index is 940. The maximum Gasteiger partial charge on any atom is 0.311 e. The molecule has 1 aliphatic heterocycles. The standard InChI is InChI=1S/C24H28N2O5S/c1-30-19-10-8-17(9-11-19)22(16-6-7-16)25-21(27)15-31-24(29)18-4-2-12-26(14-18)23(28)20-5-3-13-32-20/h3,5,8-11,13,16,18,22H,2,4,6-7,12,14-15H2,1H3,(H,25,27). The monoisotopic (exact) mass is 456 g/mol. The maximum absolute atomic E-state index is 12.6. The van der Waals surface area contributed by atoms with Crippen molar-refractivity contribution in [3.63, 3.8) is 0 Å². The second-order valence-corrected chi connectivity index (χ2v) is 9.28. The van der Waals surface area contributed by atoms with Crippen LogP contribution >= 0.6 is 11.3 Å². The van der Waals surface area contributed by atoms with Gasteiger partial charge in [-0.1, -0.05) is 18.2 Å². The normalized spacial score (nSPS) is 19.2. The highest BCUT2D eigenvalue weighted by Crippen LogP contribution is 2.41. The van der Waals surface area contributed by atoms with Crippen LogP contribution < -0.4 is 10.1 Å². The molecular formula is C24H28N2O5S. The highest BCUT2D eigenvalue weighted by Gasteiger charge is 2.34. The number of hydrogen-bond donors (Lipinski definition) is 1. The van der Waals surface area contributed by atoms with E-state index in [0.717, 1.165) is 30.6 Å². The molecule has 0 radical (unpaired) electrons. The van der Waals surface area contributed by atoms with Crippen molar-refractivity contribution >= 4 is 29.1 Å². The van der Waals surface area contributed by atoms with E-state index >= 15 is 0 Å². The van der Waals surface area contributed by atoms with Gasteiger partial charge in [-0.15, -0.1) is 11.3 Å². The number of likely N-dealkylation sites (tertiary alicyclic amines) is 1. The quantitative estimate of drug-likeness (QED) is 0.616. The number of methoxy groups -OCH3 is 1. The number of esters is 1. The number of benzene rings is 1. The lowest BCUT2D eigenvalue weighted by molar-refractivity contribution is -0.154. The maximum atomic E-state index is 12.6. The average Bonchev–Trinajstić information content (AvgIpc) is 3.53. The first-order valence-corrected chi connectivity index (χ1v) is 11.9. The number of nitrogens with zero attached hydrogens (tertiary/aromatic N) is 1. The van der Waals surface area contributed by atoms with Crippen molar-refractivity contribution in [2.75, 3.05) is 26.8 Å². The summed E-state index contributed by atoms with van der Waals surface area (Å²) in [6, 6.07) is 11.2. The molecule has 1 aromatic heterocycles. The van der Waals surface area contributed by atoms with E-state index in [1.165, 1.54) is 11.3 Å². The number of piperidine rings is 1. The third-order valence-electron chi connectivity index (χ3n) is 6.00. The molecule has 170 valence electrons. The van der Waals surface area contributed by atoms with E-state index in [0.29, 0.717) is 30.3 Å². The lowest BCUT2D eigenvalue weighted by Crippen LogP contribution is -2.43. The van der Waals surface area contributed by atoms with Gasteiger partial charge in [-0.3, -0.25) is 14.4 Å². The molecule has 7 nitrogen and oxygen atoms in total. The molecule has 1 saturated carbocycles. The van der Waals surface area contributed by atoms with Crippen molar-refractivity contribution in [2.24, 2.45) is 11.8 Å². The van der Waals surface area contributed by atoms with Gasteiger partial charge in [0.25, 0.3) is 11.8 Å². The van der Waals surface area contributed by atoms with Crippen LogP contribution in [0, 0.1) is 11.8 Å². The third-order valence-corrected chi connectivity index (χ3v) is 6.86. The topological polar surface area (TPSA) is 84.9 Å². The molecule has 1 aromatic carbocycles. The molecule has 2 fully saturated rings. The van der Waals surface area contributed by atoms with Gasteiger partial charge in [-0.25, -0.2) is 0 Å². The number of hydrogen-bond acceptors (Lipinski definition) is 6. The van der Waals surface area contributed by atoms with E-state index in [2.05, 4.69) is 5.32 Å². The highest BCUT2D eigenvalue weighted by atomic mass is 32.1. The number of carbonyl (C=O) groups is 3. The molecular weight excluding hydrogens is 428 g/mol. The smallest absolute Gasteiger partial charge is 0.311 e. The van der Waals surface area contributed by atoms with Gasteiger partial charge in [0.05, 0.1) is 23.9 Å². The summed E-state index contributed by atoms with van der Waals surface area (Å²) in [6.07, 6.45) is 3.52. The molecule has 32 heavy (non-hydrogen) atoms. The van der Waals surface area contributed by atoms with Gasteiger partial charge in [0, 0.05) is 13.1 Å². The first kappa shape index (κ1) is 22.3. The Morgan fingerprint density at radius 1 is 1.16 bits per heavy atom. The Balaban J connectivity index is 1.28. The Hall–Kier alpha value is -2.87. The number of rotatable bonds is 8. The molecule has 2 aliphatic rings. The van der Waals surface area contributed by atoms with Crippen LogP contribution in [0.1, 0.15) is 47.0 Å². The van der Waals surface area contributed by atoms with Gasteiger partial charge < -0.3 is 19.7 Å². The van der Waals surface area contributed by atoms with E-state index in [-0.39, 0.29) is 24.5 Å². The fourth-order valence-electron chi connectivity index (χ4n) is 4.09. The number of nitrogens with one attached hydrogen (secondary N) is 1. The fraction of sp³-hybridized carbons (Fsp3) is 0.458. The summed E-state index contributed by atoms with van der Waals surface area (Å²) in [4.78, 5) is 40.0. The van der Waals surface area contributed by atoms with E-state index in [9.17, 15) is 14.4 Å². The van der Waals surface area contributed by atoms with Gasteiger partial charge in [-0.2, -0.15) is 0 Å². The van der Waals surface area contributed by atoms with Crippen molar-refractivity contribution in [2.45, 2.75) is 31.7 Å². The van der Waals surface area contributed by atoms with Crippen LogP contribution in [0.25, 0.3) is 0 Å². The van der Waals surface area contributed by atoms with Crippen LogP contribution in [0.2, 0.25) is 0 Å². The van der Waals surface area contributed by atoms with Crippen molar-refractivity contribution in [3.05, 3.63) is 52.2 Å². The first-order chi connectivity index (χ1) is 15.5. The van der Waals surface area contributed by atoms with E-state index in [1.54, 1.807) is 18.1 Å². The third kappa shape index (κ3) is 5.48. The zero-order valence-corrected chi connectivity index (χ0v) is 18.9. The van der Waals surface area contributed by atoms with Crippen LogP contribution in [0.4, 0.5) is 0 Å². The first-order valence-electron chi connectivity index (χ1n) is 11.0. The summed E-state index contributed by atoms with van der Waals surface area (Å²) < 4.78 is 10.5. The van der Waals surface area contributed by atoms with E-state index in [4.69, 9.17) is 9.47 Å². The van der Waals surface area contributed by atoms with Gasteiger partial charge in [0.2, 0.25) is 0 Å². The molecule has 2 heterocycles. The second kappa shape index (κ2) is 10.2. The minimum Gasteiger partial charge on any atom is -0.497 e. The van der Waals surface area contributed by atoms with E-state index in [1.807, 2.05) is 35.7 Å². The summed E-state index contributed by atoms with van der Waals surface area (Å²) in [5, 5.41) is 4.88. The highest BCUT2D eigenvalue weighted by molar-refractivity contribution is 7.12. The molecule has 1 aliphatic carbocycles. The summed E-state index contributed by atoms with van der Waals surface area (Å²) >= 11 is 1.39. The summed E-state index contributed by atoms with van der Waals surface area (Å²) in [5.41, 5.74) is 1.02. The van der Waals surface area contributed by atoms with Crippen molar-refractivity contribution in [3.8, 4) is 5.75 Å². The Morgan fingerprint density at radius 2 is 1.94 bits per heavy atom. The Kier molecular flexibility index (Phi) is 7.09. The van der Waals surface area contributed by atoms with E-state index < -0.39 is 11.9 Å². The van der Waals surface area contributed by atoms with Crippen LogP contribution in [-0.4, -0.2) is 49.5 Å². The molecule has 0 spiro atoms. The SMILES string of the molecule is COc1ccc(C(NC(=O)COC(=O)C2CCCN(C(=O)c3cccs3)C2)C2CC2)cc1. The van der Waals surface area contributed by atoms with Crippen molar-refractivity contribution in [1.82, 2.24) is 10.2 Å². The Morgan fingerprint density at radius 3 is 2.59 bits per heavy atom. The molecule has 1 N–H and O–H groups in total. The van der Waals surface area contributed by atoms with Crippen LogP contribution in [-0.2, 0) is 14.3 Å². The second-order valence-electron chi connectivity index (χ2n) is 8.33. The number of ether oxygens (including phenoxy) is 2. The van der Waals surface area contributed by atoms with Gasteiger partial charge in [-0.05, 0) is 60.7 Å². The van der Waals surface area contributed by atoms with Gasteiger partial charge in [0.1, 0.15) is 5.75 Å². The van der Waals surface area contributed by atoms with Gasteiger partial charge in [0.15, 0.2) is 6.61 Å². The molecule has 2 aromatic rings. The molecule has 1 saturated heterocycles. The predicted molar refractivity (Wildman–Crippen MR) is 121 cm³/mol. The lowest BCUT2D eigenvalue weighted by Gasteiger charge is -2.31. The summed E-state index contributed by atoms with van der Waals surface area (Å²) in [5.74, 6) is -0.0196. The predicted octanol–water partition coefficient (Wildman–Crippen LogP) is 3.42. The molecule has 2 atom stereocenters. The molecule has 0 bridgehead atoms.